The molecule has 1 aliphatic rings. The summed E-state index contributed by atoms with van der Waals surface area (Å²) in [5.41, 5.74) is 1.04. The largest absolute Gasteiger partial charge is 0.350 e. The van der Waals surface area contributed by atoms with Gasteiger partial charge in [-0.15, -0.1) is 22.9 Å². The van der Waals surface area contributed by atoms with Crippen molar-refractivity contribution in [3.05, 3.63) is 21.9 Å². The minimum absolute atomic E-state index is 0.00815. The summed E-state index contributed by atoms with van der Waals surface area (Å²) in [5.74, 6) is 0.630. The lowest BCUT2D eigenvalue weighted by atomic mass is 10.2. The highest BCUT2D eigenvalue weighted by molar-refractivity contribution is 7.12. The van der Waals surface area contributed by atoms with Crippen molar-refractivity contribution >= 4 is 28.8 Å². The Morgan fingerprint density at radius 3 is 3.00 bits per heavy atom. The van der Waals surface area contributed by atoms with Crippen molar-refractivity contribution in [2.24, 2.45) is 5.92 Å². The number of hydrogen-bond donors (Lipinski definition) is 1. The van der Waals surface area contributed by atoms with E-state index in [1.807, 2.05) is 18.4 Å². The molecule has 1 aromatic heterocycles. The normalized spacial score (nSPS) is 17.5. The summed E-state index contributed by atoms with van der Waals surface area (Å²) in [4.78, 5) is 12.5. The SMILES string of the molecule is Cc1ccsc1C(=O)NCC(Cl)C1CC1. The van der Waals surface area contributed by atoms with E-state index in [0.717, 1.165) is 10.4 Å². The molecular weight excluding hydrogens is 230 g/mol. The number of amides is 1. The van der Waals surface area contributed by atoms with Crippen LogP contribution in [-0.2, 0) is 0 Å². The van der Waals surface area contributed by atoms with Crippen LogP contribution in [0.1, 0.15) is 28.1 Å². The van der Waals surface area contributed by atoms with Crippen molar-refractivity contribution in [2.75, 3.05) is 6.54 Å². The summed E-state index contributed by atoms with van der Waals surface area (Å²) in [6.07, 6.45) is 2.42. The van der Waals surface area contributed by atoms with Crippen molar-refractivity contribution in [1.29, 1.82) is 0 Å². The molecule has 0 spiro atoms. The first-order chi connectivity index (χ1) is 7.18. The first kappa shape index (κ1) is 11.0. The summed E-state index contributed by atoms with van der Waals surface area (Å²) in [7, 11) is 0. The van der Waals surface area contributed by atoms with Gasteiger partial charge in [0.1, 0.15) is 0 Å². The van der Waals surface area contributed by atoms with Crippen LogP contribution in [0.25, 0.3) is 0 Å². The molecule has 0 aromatic carbocycles. The predicted molar refractivity (Wildman–Crippen MR) is 63.8 cm³/mol. The number of hydrogen-bond acceptors (Lipinski definition) is 2. The summed E-state index contributed by atoms with van der Waals surface area (Å²) in [6.45, 7) is 2.53. The lowest BCUT2D eigenvalue weighted by Crippen LogP contribution is -2.30. The molecule has 1 heterocycles. The molecule has 2 nitrogen and oxygen atoms in total. The Bertz CT molecular complexity index is 359. The third-order valence-electron chi connectivity index (χ3n) is 2.66. The molecular formula is C11H14ClNOS. The van der Waals surface area contributed by atoms with Crippen LogP contribution in [-0.4, -0.2) is 17.8 Å². The third-order valence-corrected chi connectivity index (χ3v) is 4.19. The molecule has 15 heavy (non-hydrogen) atoms. The van der Waals surface area contributed by atoms with Crippen molar-refractivity contribution in [2.45, 2.75) is 25.1 Å². The summed E-state index contributed by atoms with van der Waals surface area (Å²) in [5, 5.41) is 4.93. The van der Waals surface area contributed by atoms with Gasteiger partial charge in [0.25, 0.3) is 5.91 Å². The van der Waals surface area contributed by atoms with E-state index in [1.54, 1.807) is 0 Å². The standard InChI is InChI=1S/C11H14ClNOS/c1-7-4-5-15-10(7)11(14)13-6-9(12)8-2-3-8/h4-5,8-9H,2-3,6H2,1H3,(H,13,14). The lowest BCUT2D eigenvalue weighted by Gasteiger charge is -2.09. The van der Waals surface area contributed by atoms with Crippen LogP contribution in [0.4, 0.5) is 0 Å². The fourth-order valence-electron chi connectivity index (χ4n) is 1.50. The molecule has 4 heteroatoms. The molecule has 1 aliphatic carbocycles. The molecule has 82 valence electrons. The molecule has 2 rings (SSSR count). The second-order valence-corrected chi connectivity index (χ2v) is 5.47. The maximum atomic E-state index is 11.7. The maximum absolute atomic E-state index is 11.7. The predicted octanol–water partition coefficient (Wildman–Crippen LogP) is 2.80. The van der Waals surface area contributed by atoms with Crippen LogP contribution in [0, 0.1) is 12.8 Å². The zero-order valence-electron chi connectivity index (χ0n) is 8.63. The van der Waals surface area contributed by atoms with Gasteiger partial charge < -0.3 is 5.32 Å². The number of halogens is 1. The topological polar surface area (TPSA) is 29.1 Å². The van der Waals surface area contributed by atoms with E-state index in [2.05, 4.69) is 5.32 Å². The Morgan fingerprint density at radius 2 is 2.47 bits per heavy atom. The molecule has 0 saturated heterocycles. The Balaban J connectivity index is 1.84. The van der Waals surface area contributed by atoms with E-state index < -0.39 is 0 Å². The van der Waals surface area contributed by atoms with E-state index in [1.165, 1.54) is 24.2 Å². The van der Waals surface area contributed by atoms with Gasteiger partial charge in [0.2, 0.25) is 0 Å². The molecule has 0 aliphatic heterocycles. The quantitative estimate of drug-likeness (QED) is 0.810. The average molecular weight is 244 g/mol. The van der Waals surface area contributed by atoms with Gasteiger partial charge in [-0.25, -0.2) is 0 Å². The van der Waals surface area contributed by atoms with E-state index in [0.29, 0.717) is 12.5 Å². The summed E-state index contributed by atoms with van der Waals surface area (Å²) >= 11 is 7.59. The first-order valence-corrected chi connectivity index (χ1v) is 6.46. The van der Waals surface area contributed by atoms with Crippen LogP contribution in [0.3, 0.4) is 0 Å². The number of carbonyl (C=O) groups excluding carboxylic acids is 1. The smallest absolute Gasteiger partial charge is 0.261 e. The van der Waals surface area contributed by atoms with Crippen molar-refractivity contribution < 1.29 is 4.79 Å². The van der Waals surface area contributed by atoms with Gasteiger partial charge in [0.15, 0.2) is 0 Å². The van der Waals surface area contributed by atoms with Crippen LogP contribution in [0.15, 0.2) is 11.4 Å². The molecule has 1 N–H and O–H groups in total. The molecule has 0 bridgehead atoms. The highest BCUT2D eigenvalue weighted by atomic mass is 35.5. The number of aryl methyl sites for hydroxylation is 1. The number of thiophene rings is 1. The lowest BCUT2D eigenvalue weighted by molar-refractivity contribution is 0.0956. The summed E-state index contributed by atoms with van der Waals surface area (Å²) < 4.78 is 0. The number of carbonyl (C=O) groups is 1. The van der Waals surface area contributed by atoms with Crippen molar-refractivity contribution in [3.8, 4) is 0 Å². The van der Waals surface area contributed by atoms with Crippen LogP contribution < -0.4 is 5.32 Å². The zero-order valence-corrected chi connectivity index (χ0v) is 10.2. The molecule has 1 amide bonds. The highest BCUT2D eigenvalue weighted by Gasteiger charge is 2.29. The molecule has 0 radical (unpaired) electrons. The second-order valence-electron chi connectivity index (χ2n) is 4.00. The van der Waals surface area contributed by atoms with Crippen molar-refractivity contribution in [3.63, 3.8) is 0 Å². The fraction of sp³-hybridized carbons (Fsp3) is 0.545. The summed E-state index contributed by atoms with van der Waals surface area (Å²) in [6, 6.07) is 1.96. The van der Waals surface area contributed by atoms with Gasteiger partial charge >= 0.3 is 0 Å². The Hall–Kier alpha value is -0.540. The third kappa shape index (κ3) is 2.73. The Labute approximate surface area is 98.6 Å². The Morgan fingerprint density at radius 1 is 1.73 bits per heavy atom. The molecule has 1 unspecified atom stereocenters. The van der Waals surface area contributed by atoms with Gasteiger partial charge in [0.05, 0.1) is 10.3 Å². The molecule has 1 fully saturated rings. The van der Waals surface area contributed by atoms with Gasteiger partial charge in [0, 0.05) is 6.54 Å². The maximum Gasteiger partial charge on any atom is 0.261 e. The first-order valence-electron chi connectivity index (χ1n) is 5.15. The second kappa shape index (κ2) is 4.54. The number of nitrogens with one attached hydrogen (secondary N) is 1. The van der Waals surface area contributed by atoms with Crippen LogP contribution in [0.5, 0.6) is 0 Å². The van der Waals surface area contributed by atoms with Crippen molar-refractivity contribution in [1.82, 2.24) is 5.32 Å². The zero-order chi connectivity index (χ0) is 10.8. The van der Waals surface area contributed by atoms with E-state index in [4.69, 9.17) is 11.6 Å². The van der Waals surface area contributed by atoms with E-state index in [9.17, 15) is 4.79 Å². The molecule has 1 atom stereocenters. The van der Waals surface area contributed by atoms with E-state index in [-0.39, 0.29) is 11.3 Å². The average Bonchev–Trinajstić information content (AvgIpc) is 2.98. The monoisotopic (exact) mass is 243 g/mol. The number of rotatable bonds is 4. The van der Waals surface area contributed by atoms with Gasteiger partial charge in [-0.2, -0.15) is 0 Å². The van der Waals surface area contributed by atoms with E-state index >= 15 is 0 Å². The minimum atomic E-state index is 0.00815. The molecule has 1 saturated carbocycles. The van der Waals surface area contributed by atoms with Crippen LogP contribution in [0.2, 0.25) is 0 Å². The van der Waals surface area contributed by atoms with Gasteiger partial charge in [-0.3, -0.25) is 4.79 Å². The fourth-order valence-corrected chi connectivity index (χ4v) is 2.67. The van der Waals surface area contributed by atoms with Gasteiger partial charge in [-0.05, 0) is 42.7 Å². The Kier molecular flexibility index (Phi) is 3.32. The molecule has 1 aromatic rings. The highest BCUT2D eigenvalue weighted by Crippen LogP contribution is 2.35. The van der Waals surface area contributed by atoms with Crippen LogP contribution >= 0.6 is 22.9 Å². The van der Waals surface area contributed by atoms with Gasteiger partial charge in [-0.1, -0.05) is 0 Å². The number of alkyl halides is 1. The minimum Gasteiger partial charge on any atom is -0.350 e.